The molecular formula is C14H21N3O. The Labute approximate surface area is 108 Å². The zero-order valence-corrected chi connectivity index (χ0v) is 11.1. The Morgan fingerprint density at radius 3 is 2.78 bits per heavy atom. The predicted molar refractivity (Wildman–Crippen MR) is 70.4 cm³/mol. The van der Waals surface area contributed by atoms with Crippen LogP contribution >= 0.6 is 0 Å². The average Bonchev–Trinajstić information content (AvgIpc) is 3.22. The van der Waals surface area contributed by atoms with Crippen LogP contribution in [0.25, 0.3) is 0 Å². The minimum atomic E-state index is -0.112. The number of rotatable bonds is 6. The van der Waals surface area contributed by atoms with Crippen LogP contribution in [0.5, 0.6) is 0 Å². The van der Waals surface area contributed by atoms with Crippen molar-refractivity contribution in [2.45, 2.75) is 45.4 Å². The highest BCUT2D eigenvalue weighted by Gasteiger charge is 2.20. The minimum Gasteiger partial charge on any atom is -0.351 e. The summed E-state index contributed by atoms with van der Waals surface area (Å²) >= 11 is 0. The van der Waals surface area contributed by atoms with Gasteiger partial charge in [0.15, 0.2) is 5.69 Å². The van der Waals surface area contributed by atoms with Gasteiger partial charge in [0.05, 0.1) is 5.69 Å². The summed E-state index contributed by atoms with van der Waals surface area (Å²) in [5.74, 6) is 1.12. The highest BCUT2D eigenvalue weighted by molar-refractivity contribution is 5.91. The third kappa shape index (κ3) is 3.52. The molecule has 0 bridgehead atoms. The van der Waals surface area contributed by atoms with E-state index in [0.717, 1.165) is 31.0 Å². The Kier molecular flexibility index (Phi) is 4.28. The number of carbonyl (C=O) groups excluding carboxylic acids is 1. The van der Waals surface area contributed by atoms with Gasteiger partial charge in [0.1, 0.15) is 0 Å². The molecule has 4 nitrogen and oxygen atoms in total. The fourth-order valence-corrected chi connectivity index (χ4v) is 1.82. The smallest absolute Gasteiger partial charge is 0.271 e. The van der Waals surface area contributed by atoms with Crippen molar-refractivity contribution in [2.75, 3.05) is 6.54 Å². The van der Waals surface area contributed by atoms with Crippen molar-refractivity contribution in [1.82, 2.24) is 15.5 Å². The molecule has 1 heterocycles. The molecule has 1 aliphatic rings. The summed E-state index contributed by atoms with van der Waals surface area (Å²) in [5, 5.41) is 11.0. The summed E-state index contributed by atoms with van der Waals surface area (Å²) in [5.41, 5.74) is 1.37. The van der Waals surface area contributed by atoms with Crippen LogP contribution in [0.1, 0.15) is 61.6 Å². The largest absolute Gasteiger partial charge is 0.351 e. The van der Waals surface area contributed by atoms with Gasteiger partial charge in [-0.2, -0.15) is 5.10 Å². The first-order valence-corrected chi connectivity index (χ1v) is 6.82. The molecule has 0 spiro atoms. The molecule has 1 atom stereocenters. The van der Waals surface area contributed by atoms with Gasteiger partial charge < -0.3 is 5.32 Å². The molecule has 1 fully saturated rings. The molecule has 4 heteroatoms. The van der Waals surface area contributed by atoms with Crippen LogP contribution in [-0.4, -0.2) is 22.6 Å². The van der Waals surface area contributed by atoms with Gasteiger partial charge in [-0.1, -0.05) is 26.7 Å². The predicted octanol–water partition coefficient (Wildman–Crippen LogP) is 2.52. The van der Waals surface area contributed by atoms with E-state index in [1.807, 2.05) is 6.07 Å². The summed E-state index contributed by atoms with van der Waals surface area (Å²) in [6, 6.07) is 3.66. The lowest BCUT2D eigenvalue weighted by Crippen LogP contribution is -2.26. The first kappa shape index (κ1) is 13.0. The van der Waals surface area contributed by atoms with Gasteiger partial charge in [0, 0.05) is 6.54 Å². The van der Waals surface area contributed by atoms with Crippen molar-refractivity contribution in [3.05, 3.63) is 23.5 Å². The molecule has 1 aliphatic carbocycles. The Bertz CT molecular complexity index is 398. The molecule has 1 aromatic rings. The standard InChI is InChI=1S/C14H21N3O/c1-3-10(2)12-6-7-13(17-16-12)14(18)15-9-8-11-4-5-11/h6-7,10-11H,3-5,8-9H2,1-2H3,(H,15,18). The van der Waals surface area contributed by atoms with Gasteiger partial charge in [0.2, 0.25) is 0 Å². The summed E-state index contributed by atoms with van der Waals surface area (Å²) in [7, 11) is 0. The third-order valence-electron chi connectivity index (χ3n) is 3.57. The number of nitrogens with one attached hydrogen (secondary N) is 1. The summed E-state index contributed by atoms with van der Waals surface area (Å²) in [6.07, 6.45) is 4.75. The molecule has 0 saturated heterocycles. The van der Waals surface area contributed by atoms with E-state index in [-0.39, 0.29) is 5.91 Å². The Morgan fingerprint density at radius 2 is 2.22 bits per heavy atom. The molecule has 98 valence electrons. The SMILES string of the molecule is CCC(C)c1ccc(C(=O)NCCC2CC2)nn1. The van der Waals surface area contributed by atoms with E-state index < -0.39 is 0 Å². The molecule has 1 unspecified atom stereocenters. The number of aromatic nitrogens is 2. The van der Waals surface area contributed by atoms with Gasteiger partial charge >= 0.3 is 0 Å². The van der Waals surface area contributed by atoms with Crippen molar-refractivity contribution in [3.63, 3.8) is 0 Å². The van der Waals surface area contributed by atoms with E-state index in [1.165, 1.54) is 12.8 Å². The minimum absolute atomic E-state index is 0.112. The monoisotopic (exact) mass is 247 g/mol. The van der Waals surface area contributed by atoms with E-state index >= 15 is 0 Å². The van der Waals surface area contributed by atoms with Crippen LogP contribution in [0.4, 0.5) is 0 Å². The van der Waals surface area contributed by atoms with E-state index in [1.54, 1.807) is 6.07 Å². The molecule has 0 aromatic carbocycles. The number of hydrogen-bond acceptors (Lipinski definition) is 3. The fraction of sp³-hybridized carbons (Fsp3) is 0.643. The highest BCUT2D eigenvalue weighted by atomic mass is 16.1. The van der Waals surface area contributed by atoms with E-state index in [4.69, 9.17) is 0 Å². The maximum absolute atomic E-state index is 11.8. The number of nitrogens with zero attached hydrogens (tertiary/aromatic N) is 2. The molecule has 0 radical (unpaired) electrons. The Hall–Kier alpha value is -1.45. The van der Waals surface area contributed by atoms with Crippen molar-refractivity contribution in [1.29, 1.82) is 0 Å². The second-order valence-corrected chi connectivity index (χ2v) is 5.14. The number of amides is 1. The quantitative estimate of drug-likeness (QED) is 0.840. The maximum atomic E-state index is 11.8. The number of hydrogen-bond donors (Lipinski definition) is 1. The highest BCUT2D eigenvalue weighted by Crippen LogP contribution is 2.31. The van der Waals surface area contributed by atoms with Crippen LogP contribution < -0.4 is 5.32 Å². The molecule has 18 heavy (non-hydrogen) atoms. The lowest BCUT2D eigenvalue weighted by molar-refractivity contribution is 0.0946. The summed E-state index contributed by atoms with van der Waals surface area (Å²) in [6.45, 7) is 4.97. The van der Waals surface area contributed by atoms with Gasteiger partial charge in [-0.3, -0.25) is 4.79 Å². The topological polar surface area (TPSA) is 54.9 Å². The summed E-state index contributed by atoms with van der Waals surface area (Å²) in [4.78, 5) is 11.8. The van der Waals surface area contributed by atoms with Crippen LogP contribution in [0.2, 0.25) is 0 Å². The fourth-order valence-electron chi connectivity index (χ4n) is 1.82. The molecule has 1 aromatic heterocycles. The third-order valence-corrected chi connectivity index (χ3v) is 3.57. The Morgan fingerprint density at radius 1 is 1.44 bits per heavy atom. The van der Waals surface area contributed by atoms with Crippen LogP contribution in [0, 0.1) is 5.92 Å². The van der Waals surface area contributed by atoms with Crippen LogP contribution in [-0.2, 0) is 0 Å². The first-order chi connectivity index (χ1) is 8.70. The lowest BCUT2D eigenvalue weighted by Gasteiger charge is -2.07. The van der Waals surface area contributed by atoms with E-state index in [2.05, 4.69) is 29.4 Å². The van der Waals surface area contributed by atoms with Gasteiger partial charge in [-0.15, -0.1) is 5.10 Å². The molecule has 1 saturated carbocycles. The molecule has 1 N–H and O–H groups in total. The second kappa shape index (κ2) is 5.94. The lowest BCUT2D eigenvalue weighted by atomic mass is 10.1. The summed E-state index contributed by atoms with van der Waals surface area (Å²) < 4.78 is 0. The maximum Gasteiger partial charge on any atom is 0.271 e. The Balaban J connectivity index is 1.85. The zero-order chi connectivity index (χ0) is 13.0. The van der Waals surface area contributed by atoms with Gasteiger partial charge in [-0.25, -0.2) is 0 Å². The van der Waals surface area contributed by atoms with E-state index in [9.17, 15) is 4.79 Å². The zero-order valence-electron chi connectivity index (χ0n) is 11.1. The van der Waals surface area contributed by atoms with E-state index in [0.29, 0.717) is 11.6 Å². The first-order valence-electron chi connectivity index (χ1n) is 6.82. The van der Waals surface area contributed by atoms with Gasteiger partial charge in [0.25, 0.3) is 5.91 Å². The van der Waals surface area contributed by atoms with Crippen LogP contribution in [0.3, 0.4) is 0 Å². The second-order valence-electron chi connectivity index (χ2n) is 5.14. The average molecular weight is 247 g/mol. The molecule has 0 aliphatic heterocycles. The van der Waals surface area contributed by atoms with Gasteiger partial charge in [-0.05, 0) is 36.8 Å². The van der Waals surface area contributed by atoms with Crippen molar-refractivity contribution in [2.24, 2.45) is 5.92 Å². The van der Waals surface area contributed by atoms with Crippen molar-refractivity contribution >= 4 is 5.91 Å². The number of carbonyl (C=O) groups is 1. The molecule has 1 amide bonds. The van der Waals surface area contributed by atoms with Crippen LogP contribution in [0.15, 0.2) is 12.1 Å². The van der Waals surface area contributed by atoms with Crippen molar-refractivity contribution < 1.29 is 4.79 Å². The van der Waals surface area contributed by atoms with Crippen molar-refractivity contribution in [3.8, 4) is 0 Å². The molecule has 2 rings (SSSR count). The normalized spacial score (nSPS) is 16.3. The molecular weight excluding hydrogens is 226 g/mol.